The van der Waals surface area contributed by atoms with Crippen molar-refractivity contribution in [3.8, 4) is 0 Å². The number of carboxylic acids is 2. The van der Waals surface area contributed by atoms with Crippen LogP contribution in [0, 0.1) is 0 Å². The van der Waals surface area contributed by atoms with Gasteiger partial charge in [-0.1, -0.05) is 12.1 Å². The second-order valence-corrected chi connectivity index (χ2v) is 7.00. The molecule has 0 unspecified atom stereocenters. The first-order valence-corrected chi connectivity index (χ1v) is 9.26. The molecule has 3 aliphatic rings. The third-order valence-corrected chi connectivity index (χ3v) is 4.89. The van der Waals surface area contributed by atoms with Crippen LogP contribution in [0.15, 0.2) is 18.2 Å². The molecule has 7 nitrogen and oxygen atoms in total. The van der Waals surface area contributed by atoms with Crippen molar-refractivity contribution in [1.29, 1.82) is 0 Å². The molecule has 1 atom stereocenters. The summed E-state index contributed by atoms with van der Waals surface area (Å²) in [5, 5.41) is 17.8. The Labute approximate surface area is 173 Å². The SMILES string of the molecule is O=C(O)C(F)(F)F.O=C(O)C(F)(F)F.c1cc2c3c(c1)N1CCC[C@H]1CN3CCNC2. The summed E-state index contributed by atoms with van der Waals surface area (Å²) in [6.07, 6.45) is -7.44. The minimum Gasteiger partial charge on any atom is -0.475 e. The molecule has 174 valence electrons. The lowest BCUT2D eigenvalue weighted by Gasteiger charge is -2.41. The van der Waals surface area contributed by atoms with Crippen LogP contribution in [0.1, 0.15) is 18.4 Å². The molecule has 3 N–H and O–H groups in total. The van der Waals surface area contributed by atoms with Crippen molar-refractivity contribution in [2.24, 2.45) is 0 Å². The number of nitrogens with zero attached hydrogens (tertiary/aromatic N) is 2. The van der Waals surface area contributed by atoms with Gasteiger partial charge in [0.05, 0.1) is 11.4 Å². The molecule has 1 fully saturated rings. The molecule has 1 saturated heterocycles. The Hall–Kier alpha value is -2.70. The van der Waals surface area contributed by atoms with Gasteiger partial charge in [0, 0.05) is 38.8 Å². The summed E-state index contributed by atoms with van der Waals surface area (Å²) in [5.41, 5.74) is 4.47. The van der Waals surface area contributed by atoms with E-state index in [2.05, 4.69) is 33.3 Å². The third-order valence-electron chi connectivity index (χ3n) is 4.89. The first-order chi connectivity index (χ1) is 14.3. The van der Waals surface area contributed by atoms with E-state index in [1.54, 1.807) is 0 Å². The number of rotatable bonds is 0. The van der Waals surface area contributed by atoms with Gasteiger partial charge in [-0.25, -0.2) is 9.59 Å². The Morgan fingerprint density at radius 3 is 2.13 bits per heavy atom. The molecule has 3 heterocycles. The summed E-state index contributed by atoms with van der Waals surface area (Å²) in [7, 11) is 0. The Balaban J connectivity index is 0.000000206. The van der Waals surface area contributed by atoms with Gasteiger partial charge in [0.25, 0.3) is 0 Å². The van der Waals surface area contributed by atoms with E-state index in [4.69, 9.17) is 19.8 Å². The molecule has 0 bridgehead atoms. The van der Waals surface area contributed by atoms with E-state index in [0.717, 1.165) is 25.7 Å². The van der Waals surface area contributed by atoms with Gasteiger partial charge in [0.15, 0.2) is 0 Å². The van der Waals surface area contributed by atoms with E-state index in [9.17, 15) is 26.3 Å². The molecule has 1 aromatic carbocycles. The third kappa shape index (κ3) is 6.39. The molecule has 31 heavy (non-hydrogen) atoms. The number of carboxylic acid groups (broad SMARTS) is 2. The van der Waals surface area contributed by atoms with Crippen LogP contribution in [0.4, 0.5) is 37.7 Å². The summed E-state index contributed by atoms with van der Waals surface area (Å²) >= 11 is 0. The second kappa shape index (κ2) is 9.62. The first kappa shape index (κ1) is 24.6. The zero-order valence-corrected chi connectivity index (χ0v) is 16.1. The van der Waals surface area contributed by atoms with Crippen molar-refractivity contribution in [2.75, 3.05) is 36.0 Å². The fourth-order valence-electron chi connectivity index (χ4n) is 3.65. The summed E-state index contributed by atoms with van der Waals surface area (Å²) < 4.78 is 63.5. The van der Waals surface area contributed by atoms with Gasteiger partial charge in [-0.15, -0.1) is 0 Å². The van der Waals surface area contributed by atoms with Crippen molar-refractivity contribution in [3.05, 3.63) is 23.8 Å². The maximum absolute atomic E-state index is 10.6. The van der Waals surface area contributed by atoms with Crippen molar-refractivity contribution in [2.45, 2.75) is 37.8 Å². The molecular formula is C18H21F6N3O4. The number of nitrogens with one attached hydrogen (secondary N) is 1. The number of alkyl halides is 6. The maximum Gasteiger partial charge on any atom is 0.490 e. The van der Waals surface area contributed by atoms with Crippen LogP contribution >= 0.6 is 0 Å². The normalized spacial score (nSPS) is 19.6. The van der Waals surface area contributed by atoms with E-state index in [1.807, 2.05) is 0 Å². The monoisotopic (exact) mass is 457 g/mol. The van der Waals surface area contributed by atoms with Gasteiger partial charge in [-0.05, 0) is 24.5 Å². The average Bonchev–Trinajstić information content (AvgIpc) is 3.03. The largest absolute Gasteiger partial charge is 0.490 e. The lowest BCUT2D eigenvalue weighted by Crippen LogP contribution is -2.46. The first-order valence-electron chi connectivity index (χ1n) is 9.26. The summed E-state index contributed by atoms with van der Waals surface area (Å²) in [4.78, 5) is 23.0. The average molecular weight is 457 g/mol. The summed E-state index contributed by atoms with van der Waals surface area (Å²) in [6.45, 7) is 5.78. The smallest absolute Gasteiger partial charge is 0.475 e. The van der Waals surface area contributed by atoms with Crippen molar-refractivity contribution in [3.63, 3.8) is 0 Å². The fourth-order valence-corrected chi connectivity index (χ4v) is 3.65. The van der Waals surface area contributed by atoms with Gasteiger partial charge < -0.3 is 25.3 Å². The lowest BCUT2D eigenvalue weighted by molar-refractivity contribution is -0.193. The molecule has 0 spiro atoms. The topological polar surface area (TPSA) is 93.1 Å². The van der Waals surface area contributed by atoms with E-state index in [-0.39, 0.29) is 0 Å². The van der Waals surface area contributed by atoms with Gasteiger partial charge in [0.2, 0.25) is 0 Å². The molecule has 0 aliphatic carbocycles. The number of fused-ring (bicyclic) bond motifs is 2. The minimum atomic E-state index is -5.08. The molecule has 13 heteroatoms. The number of benzene rings is 1. The molecule has 0 saturated carbocycles. The van der Waals surface area contributed by atoms with E-state index >= 15 is 0 Å². The standard InChI is InChI=1S/C14H19N3.2C2HF3O2/c1-3-11-9-15-6-8-16-10-12-4-2-7-17(12)13(5-1)14(11)16;2*3-2(4,5)1(6)7/h1,3,5,12,15H,2,4,6-10H2;2*(H,6,7)/t12-;;/m0../s1. The van der Waals surface area contributed by atoms with Crippen LogP contribution < -0.4 is 15.1 Å². The molecular weight excluding hydrogens is 436 g/mol. The summed E-state index contributed by atoms with van der Waals surface area (Å²) in [5.74, 6) is -5.51. The van der Waals surface area contributed by atoms with Crippen molar-refractivity contribution in [1.82, 2.24) is 5.32 Å². The summed E-state index contributed by atoms with van der Waals surface area (Å²) in [6, 6.07) is 7.57. The van der Waals surface area contributed by atoms with Gasteiger partial charge in [-0.2, -0.15) is 26.3 Å². The highest BCUT2D eigenvalue weighted by Gasteiger charge is 2.39. The van der Waals surface area contributed by atoms with Gasteiger partial charge >= 0.3 is 24.3 Å². The predicted molar refractivity (Wildman–Crippen MR) is 98.1 cm³/mol. The Kier molecular flexibility index (Phi) is 7.63. The zero-order valence-electron chi connectivity index (χ0n) is 16.1. The molecule has 1 aromatic rings. The number of carbonyl (C=O) groups is 2. The molecule has 3 aliphatic heterocycles. The van der Waals surface area contributed by atoms with Gasteiger partial charge in [-0.3, -0.25) is 0 Å². The Morgan fingerprint density at radius 2 is 1.58 bits per heavy atom. The van der Waals surface area contributed by atoms with Crippen LogP contribution in [-0.2, 0) is 16.1 Å². The lowest BCUT2D eigenvalue weighted by atomic mass is 10.0. The van der Waals surface area contributed by atoms with Crippen LogP contribution in [0.5, 0.6) is 0 Å². The number of halogens is 6. The zero-order chi connectivity index (χ0) is 23.4. The number of hydrogen-bond donors (Lipinski definition) is 3. The van der Waals surface area contributed by atoms with E-state index < -0.39 is 24.3 Å². The predicted octanol–water partition coefficient (Wildman–Crippen LogP) is 2.85. The quantitative estimate of drug-likeness (QED) is 0.516. The Bertz CT molecular complexity index is 775. The number of hydrogen-bond acceptors (Lipinski definition) is 5. The minimum absolute atomic E-state index is 0.760. The van der Waals surface area contributed by atoms with Crippen LogP contribution in [0.2, 0.25) is 0 Å². The highest BCUT2D eigenvalue weighted by molar-refractivity contribution is 5.78. The van der Waals surface area contributed by atoms with Gasteiger partial charge in [0.1, 0.15) is 0 Å². The van der Waals surface area contributed by atoms with Crippen molar-refractivity contribution >= 4 is 23.3 Å². The second-order valence-electron chi connectivity index (χ2n) is 7.00. The molecule has 0 amide bonds. The van der Waals surface area contributed by atoms with Crippen LogP contribution in [0.3, 0.4) is 0 Å². The number of anilines is 2. The highest BCUT2D eigenvalue weighted by atomic mass is 19.4. The molecule has 4 rings (SSSR count). The van der Waals surface area contributed by atoms with E-state index in [0.29, 0.717) is 0 Å². The van der Waals surface area contributed by atoms with E-state index in [1.165, 1.54) is 42.9 Å². The molecule has 0 aromatic heterocycles. The number of aliphatic carboxylic acids is 2. The Morgan fingerprint density at radius 1 is 1.00 bits per heavy atom. The maximum atomic E-state index is 10.6. The molecule has 0 radical (unpaired) electrons. The van der Waals surface area contributed by atoms with Crippen LogP contribution in [0.25, 0.3) is 0 Å². The highest BCUT2D eigenvalue weighted by Crippen LogP contribution is 2.41. The fraction of sp³-hybridized carbons (Fsp3) is 0.556. The number of para-hydroxylation sites is 1. The van der Waals surface area contributed by atoms with Crippen LogP contribution in [-0.4, -0.2) is 66.7 Å². The van der Waals surface area contributed by atoms with Crippen molar-refractivity contribution < 1.29 is 46.1 Å².